The van der Waals surface area contributed by atoms with Gasteiger partial charge in [0.05, 0.1) is 12.5 Å². The fourth-order valence-electron chi connectivity index (χ4n) is 2.39. The van der Waals surface area contributed by atoms with Crippen LogP contribution >= 0.6 is 11.6 Å². The van der Waals surface area contributed by atoms with Crippen LogP contribution in [0.5, 0.6) is 0 Å². The molecule has 0 unspecified atom stereocenters. The number of rotatable bonds is 5. The van der Waals surface area contributed by atoms with E-state index in [0.717, 1.165) is 18.4 Å². The van der Waals surface area contributed by atoms with Gasteiger partial charge in [-0.2, -0.15) is 0 Å². The van der Waals surface area contributed by atoms with Crippen molar-refractivity contribution in [2.75, 3.05) is 19.7 Å². The van der Waals surface area contributed by atoms with Gasteiger partial charge in [-0.25, -0.2) is 0 Å². The van der Waals surface area contributed by atoms with Crippen molar-refractivity contribution in [2.24, 2.45) is 11.7 Å². The molecule has 114 valence electrons. The highest BCUT2D eigenvalue weighted by molar-refractivity contribution is 6.31. The SMILES string of the molecule is NC(=O)[C@H]1CCCN(C(=O)COCc2ccccc2Cl)C1. The van der Waals surface area contributed by atoms with E-state index < -0.39 is 0 Å². The first-order chi connectivity index (χ1) is 10.1. The molecule has 1 atom stereocenters. The van der Waals surface area contributed by atoms with Crippen molar-refractivity contribution >= 4 is 23.4 Å². The average Bonchev–Trinajstić information content (AvgIpc) is 2.49. The topological polar surface area (TPSA) is 72.6 Å². The van der Waals surface area contributed by atoms with Gasteiger partial charge in [-0.3, -0.25) is 9.59 Å². The van der Waals surface area contributed by atoms with Crippen molar-refractivity contribution in [3.63, 3.8) is 0 Å². The second kappa shape index (κ2) is 7.43. The minimum atomic E-state index is -0.343. The summed E-state index contributed by atoms with van der Waals surface area (Å²) in [6, 6.07) is 7.35. The molecule has 1 aliphatic rings. The van der Waals surface area contributed by atoms with Gasteiger partial charge in [-0.15, -0.1) is 0 Å². The Labute approximate surface area is 129 Å². The lowest BCUT2D eigenvalue weighted by Crippen LogP contribution is -2.45. The molecule has 0 aliphatic carbocycles. The van der Waals surface area contributed by atoms with Gasteiger partial charge in [-0.05, 0) is 24.5 Å². The highest BCUT2D eigenvalue weighted by Crippen LogP contribution is 2.17. The van der Waals surface area contributed by atoms with Crippen LogP contribution in [0.25, 0.3) is 0 Å². The third kappa shape index (κ3) is 4.44. The summed E-state index contributed by atoms with van der Waals surface area (Å²) in [6.45, 7) is 1.32. The van der Waals surface area contributed by atoms with Crippen LogP contribution in [0.4, 0.5) is 0 Å². The van der Waals surface area contributed by atoms with Crippen LogP contribution in [0.3, 0.4) is 0 Å². The predicted molar refractivity (Wildman–Crippen MR) is 79.6 cm³/mol. The van der Waals surface area contributed by atoms with E-state index in [9.17, 15) is 9.59 Å². The van der Waals surface area contributed by atoms with Crippen molar-refractivity contribution in [3.8, 4) is 0 Å². The van der Waals surface area contributed by atoms with Crippen LogP contribution in [-0.4, -0.2) is 36.4 Å². The van der Waals surface area contributed by atoms with Crippen molar-refractivity contribution in [1.82, 2.24) is 4.90 Å². The maximum Gasteiger partial charge on any atom is 0.248 e. The Bertz CT molecular complexity index is 521. The van der Waals surface area contributed by atoms with Crippen molar-refractivity contribution in [1.29, 1.82) is 0 Å². The molecule has 1 fully saturated rings. The monoisotopic (exact) mass is 310 g/mol. The lowest BCUT2D eigenvalue weighted by Gasteiger charge is -2.31. The first kappa shape index (κ1) is 15.8. The van der Waals surface area contributed by atoms with Crippen molar-refractivity contribution < 1.29 is 14.3 Å². The zero-order valence-electron chi connectivity index (χ0n) is 11.8. The van der Waals surface area contributed by atoms with Gasteiger partial charge in [0.15, 0.2) is 0 Å². The molecule has 21 heavy (non-hydrogen) atoms. The van der Waals surface area contributed by atoms with E-state index >= 15 is 0 Å². The molecule has 1 saturated heterocycles. The summed E-state index contributed by atoms with van der Waals surface area (Å²) in [6.07, 6.45) is 1.55. The number of ether oxygens (including phenoxy) is 1. The highest BCUT2D eigenvalue weighted by Gasteiger charge is 2.26. The summed E-state index contributed by atoms with van der Waals surface area (Å²) in [7, 11) is 0. The molecular formula is C15H19ClN2O3. The standard InChI is InChI=1S/C15H19ClN2O3/c16-13-6-2-1-4-12(13)9-21-10-14(19)18-7-3-5-11(8-18)15(17)20/h1-2,4,6,11H,3,5,7-10H2,(H2,17,20)/t11-/m0/s1. The maximum atomic E-state index is 12.1. The molecule has 1 heterocycles. The quantitative estimate of drug-likeness (QED) is 0.897. The smallest absolute Gasteiger partial charge is 0.248 e. The number of hydrogen-bond donors (Lipinski definition) is 1. The summed E-state index contributed by atoms with van der Waals surface area (Å²) in [5.41, 5.74) is 6.15. The van der Waals surface area contributed by atoms with Crippen LogP contribution in [0.1, 0.15) is 18.4 Å². The Hall–Kier alpha value is -1.59. The number of primary amides is 1. The predicted octanol–water partition coefficient (Wildman–Crippen LogP) is 1.58. The van der Waals surface area contributed by atoms with Crippen molar-refractivity contribution in [2.45, 2.75) is 19.4 Å². The van der Waals surface area contributed by atoms with E-state index in [2.05, 4.69) is 0 Å². The second-order valence-electron chi connectivity index (χ2n) is 5.17. The van der Waals surface area contributed by atoms with Gasteiger partial charge >= 0.3 is 0 Å². The van der Waals surface area contributed by atoms with Crippen molar-refractivity contribution in [3.05, 3.63) is 34.9 Å². The van der Waals surface area contributed by atoms with Gasteiger partial charge in [-0.1, -0.05) is 29.8 Å². The molecule has 0 aromatic heterocycles. The van der Waals surface area contributed by atoms with Crippen LogP contribution in [0, 0.1) is 5.92 Å². The van der Waals surface area contributed by atoms with E-state index in [1.165, 1.54) is 0 Å². The Kier molecular flexibility index (Phi) is 5.59. The summed E-state index contributed by atoms with van der Waals surface area (Å²) in [5, 5.41) is 0.622. The number of halogens is 1. The number of nitrogens with two attached hydrogens (primary N) is 1. The van der Waals surface area contributed by atoms with E-state index in [0.29, 0.717) is 24.7 Å². The molecule has 0 saturated carbocycles. The van der Waals surface area contributed by atoms with Crippen LogP contribution in [0.2, 0.25) is 5.02 Å². The van der Waals surface area contributed by atoms with E-state index in [1.807, 2.05) is 18.2 Å². The molecule has 0 radical (unpaired) electrons. The minimum absolute atomic E-state index is 0.0172. The number of amides is 2. The number of hydrogen-bond acceptors (Lipinski definition) is 3. The zero-order chi connectivity index (χ0) is 15.2. The molecule has 2 N–H and O–H groups in total. The van der Waals surface area contributed by atoms with Gasteiger partial charge in [0.1, 0.15) is 6.61 Å². The highest BCUT2D eigenvalue weighted by atomic mass is 35.5. The van der Waals surface area contributed by atoms with Crippen LogP contribution < -0.4 is 5.73 Å². The third-order valence-corrected chi connectivity index (χ3v) is 3.99. The van der Waals surface area contributed by atoms with Gasteiger partial charge in [0.2, 0.25) is 11.8 Å². The molecule has 0 bridgehead atoms. The Morgan fingerprint density at radius 2 is 2.14 bits per heavy atom. The number of carbonyl (C=O) groups is 2. The van der Waals surface area contributed by atoms with E-state index in [4.69, 9.17) is 22.1 Å². The summed E-state index contributed by atoms with van der Waals surface area (Å²) in [5.74, 6) is -0.705. The van der Waals surface area contributed by atoms with E-state index in [-0.39, 0.29) is 24.3 Å². The number of benzene rings is 1. The average molecular weight is 311 g/mol. The number of carbonyl (C=O) groups excluding carboxylic acids is 2. The molecule has 5 nitrogen and oxygen atoms in total. The van der Waals surface area contributed by atoms with Crippen LogP contribution in [-0.2, 0) is 20.9 Å². The number of likely N-dealkylation sites (tertiary alicyclic amines) is 1. The molecule has 1 aliphatic heterocycles. The summed E-state index contributed by atoms with van der Waals surface area (Å²) >= 11 is 6.02. The normalized spacial score (nSPS) is 18.5. The molecule has 2 amide bonds. The van der Waals surface area contributed by atoms with Gasteiger partial charge in [0.25, 0.3) is 0 Å². The third-order valence-electron chi connectivity index (χ3n) is 3.62. The summed E-state index contributed by atoms with van der Waals surface area (Å²) in [4.78, 5) is 24.9. The molecule has 1 aromatic rings. The second-order valence-corrected chi connectivity index (χ2v) is 5.57. The Morgan fingerprint density at radius 1 is 1.38 bits per heavy atom. The molecule has 0 spiro atoms. The van der Waals surface area contributed by atoms with Crippen LogP contribution in [0.15, 0.2) is 24.3 Å². The maximum absolute atomic E-state index is 12.1. The Balaban J connectivity index is 1.79. The van der Waals surface area contributed by atoms with E-state index in [1.54, 1.807) is 11.0 Å². The molecule has 1 aromatic carbocycles. The van der Waals surface area contributed by atoms with Gasteiger partial charge in [0, 0.05) is 18.1 Å². The lowest BCUT2D eigenvalue weighted by molar-refractivity contribution is -0.139. The molecule has 6 heteroatoms. The first-order valence-electron chi connectivity index (χ1n) is 6.96. The Morgan fingerprint density at radius 3 is 2.86 bits per heavy atom. The first-order valence-corrected chi connectivity index (χ1v) is 7.34. The zero-order valence-corrected chi connectivity index (χ0v) is 12.5. The largest absolute Gasteiger partial charge is 0.369 e. The fraction of sp³-hybridized carbons (Fsp3) is 0.467. The number of nitrogens with zero attached hydrogens (tertiary/aromatic N) is 1. The van der Waals surface area contributed by atoms with Gasteiger partial charge < -0.3 is 15.4 Å². The summed E-state index contributed by atoms with van der Waals surface area (Å²) < 4.78 is 5.42. The number of piperidine rings is 1. The lowest BCUT2D eigenvalue weighted by atomic mass is 9.97. The minimum Gasteiger partial charge on any atom is -0.369 e. The molecular weight excluding hydrogens is 292 g/mol. The fourth-order valence-corrected chi connectivity index (χ4v) is 2.58. The molecule has 2 rings (SSSR count).